The summed E-state index contributed by atoms with van der Waals surface area (Å²) in [5.74, 6) is -1.57. The third kappa shape index (κ3) is 5.84. The predicted molar refractivity (Wildman–Crippen MR) is 140 cm³/mol. The molecule has 0 bridgehead atoms. The van der Waals surface area contributed by atoms with Gasteiger partial charge in [0.2, 0.25) is 0 Å². The van der Waals surface area contributed by atoms with Crippen LogP contribution in [0.2, 0.25) is 0 Å². The number of alkyl halides is 3. The van der Waals surface area contributed by atoms with Crippen LogP contribution in [0.4, 0.5) is 23.4 Å². The maximum absolute atomic E-state index is 13.9. The molecule has 2 atom stereocenters. The van der Waals surface area contributed by atoms with E-state index in [9.17, 15) is 27.2 Å². The molecule has 1 heterocycles. The van der Waals surface area contributed by atoms with E-state index < -0.39 is 35.4 Å². The summed E-state index contributed by atoms with van der Waals surface area (Å²) in [4.78, 5) is 27.4. The Morgan fingerprint density at radius 2 is 1.67 bits per heavy atom. The monoisotopic (exact) mass is 538 g/mol. The second-order valence-corrected chi connectivity index (χ2v) is 9.21. The van der Waals surface area contributed by atoms with Crippen molar-refractivity contribution in [2.45, 2.75) is 25.1 Å². The average Bonchev–Trinajstić information content (AvgIpc) is 3.26. The van der Waals surface area contributed by atoms with Gasteiger partial charge in [0.15, 0.2) is 0 Å². The second kappa shape index (κ2) is 11.1. The number of aromatic nitrogens is 2. The third-order valence-electron chi connectivity index (χ3n) is 6.30. The number of halogens is 4. The van der Waals surface area contributed by atoms with Crippen molar-refractivity contribution in [1.29, 1.82) is 0 Å². The molecule has 1 N–H and O–H groups in total. The second-order valence-electron chi connectivity index (χ2n) is 9.21. The van der Waals surface area contributed by atoms with Gasteiger partial charge in [-0.2, -0.15) is 18.3 Å². The van der Waals surface area contributed by atoms with Gasteiger partial charge in [-0.25, -0.2) is 9.07 Å². The van der Waals surface area contributed by atoms with Crippen LogP contribution in [0, 0.1) is 12.7 Å². The number of nitrogens with zero attached hydrogens (tertiary/aromatic N) is 3. The first-order valence-electron chi connectivity index (χ1n) is 12.0. The van der Waals surface area contributed by atoms with Gasteiger partial charge in [0.1, 0.15) is 17.9 Å². The molecule has 0 fully saturated rings. The van der Waals surface area contributed by atoms with Gasteiger partial charge in [-0.15, -0.1) is 0 Å². The summed E-state index contributed by atoms with van der Waals surface area (Å²) in [5, 5.41) is 7.30. The number of hydrogen-bond donors (Lipinski definition) is 1. The van der Waals surface area contributed by atoms with Crippen molar-refractivity contribution < 1.29 is 27.2 Å². The van der Waals surface area contributed by atoms with Crippen LogP contribution in [0.1, 0.15) is 38.7 Å². The molecule has 4 aromatic rings. The summed E-state index contributed by atoms with van der Waals surface area (Å²) in [7, 11) is 3.61. The number of benzene rings is 3. The topological polar surface area (TPSA) is 67.2 Å². The standard InChI is InChI=1S/C29H26F4N4O2/c1-18-25(28(36(2)3)37(35-18)23-10-5-4-6-11-23)26(19-12-14-22(30)15-13-19)24(17-38)34-27(39)20-8-7-9-21(16-20)29(31,32)33/h4-17,24,26H,1-3H3,(H,34,39). The molecule has 0 aliphatic heterocycles. The Kier molecular flexibility index (Phi) is 7.85. The molecule has 6 nitrogen and oxygen atoms in total. The van der Waals surface area contributed by atoms with Crippen molar-refractivity contribution in [3.8, 4) is 5.69 Å². The fourth-order valence-corrected chi connectivity index (χ4v) is 4.56. The van der Waals surface area contributed by atoms with Crippen molar-refractivity contribution in [2.75, 3.05) is 19.0 Å². The van der Waals surface area contributed by atoms with Gasteiger partial charge >= 0.3 is 6.18 Å². The first-order chi connectivity index (χ1) is 18.5. The Balaban J connectivity index is 1.84. The molecule has 1 amide bonds. The zero-order chi connectivity index (χ0) is 28.3. The molecule has 4 rings (SSSR count). The zero-order valence-electron chi connectivity index (χ0n) is 21.4. The number of carbonyl (C=O) groups excluding carboxylic acids is 2. The summed E-state index contributed by atoms with van der Waals surface area (Å²) < 4.78 is 55.3. The Morgan fingerprint density at radius 1 is 1.00 bits per heavy atom. The number of carbonyl (C=O) groups is 2. The minimum Gasteiger partial charge on any atom is -0.362 e. The van der Waals surface area contributed by atoms with Gasteiger partial charge in [-0.1, -0.05) is 36.4 Å². The predicted octanol–water partition coefficient (Wildman–Crippen LogP) is 5.53. The summed E-state index contributed by atoms with van der Waals surface area (Å²) in [6.07, 6.45) is -4.11. The lowest BCUT2D eigenvalue weighted by atomic mass is 9.84. The molecule has 2 unspecified atom stereocenters. The molecular weight excluding hydrogens is 512 g/mol. The number of nitrogens with one attached hydrogen (secondary N) is 1. The highest BCUT2D eigenvalue weighted by Crippen LogP contribution is 2.38. The van der Waals surface area contributed by atoms with Gasteiger partial charge < -0.3 is 15.0 Å². The van der Waals surface area contributed by atoms with Gasteiger partial charge in [0.25, 0.3) is 5.91 Å². The van der Waals surface area contributed by atoms with Crippen LogP contribution in [0.5, 0.6) is 0 Å². The van der Waals surface area contributed by atoms with E-state index in [2.05, 4.69) is 5.32 Å². The summed E-state index contributed by atoms with van der Waals surface area (Å²) in [5.41, 5.74) is 1.18. The highest BCUT2D eigenvalue weighted by molar-refractivity contribution is 5.96. The van der Waals surface area contributed by atoms with Crippen molar-refractivity contribution >= 4 is 18.0 Å². The third-order valence-corrected chi connectivity index (χ3v) is 6.30. The molecule has 0 saturated carbocycles. The van der Waals surface area contributed by atoms with Crippen LogP contribution < -0.4 is 10.2 Å². The number of aldehydes is 1. The molecule has 0 aliphatic rings. The lowest BCUT2D eigenvalue weighted by Crippen LogP contribution is -2.41. The molecule has 1 aromatic heterocycles. The van der Waals surface area contributed by atoms with E-state index >= 15 is 0 Å². The lowest BCUT2D eigenvalue weighted by Gasteiger charge is -2.28. The Bertz CT molecular complexity index is 1470. The first-order valence-corrected chi connectivity index (χ1v) is 12.0. The van der Waals surface area contributed by atoms with Gasteiger partial charge in [0.05, 0.1) is 23.0 Å². The quantitative estimate of drug-likeness (QED) is 0.237. The number of para-hydroxylation sites is 1. The normalized spacial score (nSPS) is 13.0. The van der Waals surface area contributed by atoms with Crippen molar-refractivity contribution in [2.24, 2.45) is 0 Å². The molecular formula is C29H26F4N4O2. The van der Waals surface area contributed by atoms with E-state index in [0.29, 0.717) is 28.9 Å². The van der Waals surface area contributed by atoms with Gasteiger partial charge in [-0.05, 0) is 55.0 Å². The molecule has 3 aromatic carbocycles. The molecule has 39 heavy (non-hydrogen) atoms. The summed E-state index contributed by atoms with van der Waals surface area (Å²) >= 11 is 0. The van der Waals surface area contributed by atoms with Gasteiger partial charge in [-0.3, -0.25) is 4.79 Å². The zero-order valence-corrected chi connectivity index (χ0v) is 21.4. The molecule has 0 spiro atoms. The van der Waals surface area contributed by atoms with Crippen molar-refractivity contribution in [1.82, 2.24) is 15.1 Å². The van der Waals surface area contributed by atoms with Crippen molar-refractivity contribution in [3.05, 3.63) is 113 Å². The minimum atomic E-state index is -4.64. The number of amides is 1. The molecule has 0 radical (unpaired) electrons. The maximum Gasteiger partial charge on any atom is 0.416 e. The maximum atomic E-state index is 13.9. The Morgan fingerprint density at radius 3 is 2.26 bits per heavy atom. The van der Waals surface area contributed by atoms with Crippen LogP contribution in [-0.4, -0.2) is 42.1 Å². The van der Waals surface area contributed by atoms with E-state index in [1.165, 1.54) is 30.3 Å². The first kappa shape index (κ1) is 27.6. The SMILES string of the molecule is Cc1nn(-c2ccccc2)c(N(C)C)c1C(c1ccc(F)cc1)C(C=O)NC(=O)c1cccc(C(F)(F)F)c1. The smallest absolute Gasteiger partial charge is 0.362 e. The average molecular weight is 539 g/mol. The summed E-state index contributed by atoms with van der Waals surface area (Å²) in [6.45, 7) is 1.76. The minimum absolute atomic E-state index is 0.251. The van der Waals surface area contributed by atoms with Crippen LogP contribution in [-0.2, 0) is 11.0 Å². The molecule has 202 valence electrons. The van der Waals surface area contributed by atoms with Crippen molar-refractivity contribution in [3.63, 3.8) is 0 Å². The highest BCUT2D eigenvalue weighted by atomic mass is 19.4. The molecule has 10 heteroatoms. The molecule has 0 saturated heterocycles. The van der Waals surface area contributed by atoms with E-state index in [0.717, 1.165) is 23.9 Å². The fraction of sp³-hybridized carbons (Fsp3) is 0.207. The fourth-order valence-electron chi connectivity index (χ4n) is 4.56. The Hall–Kier alpha value is -4.47. The molecule has 0 aliphatic carbocycles. The number of aryl methyl sites for hydroxylation is 1. The van der Waals surface area contributed by atoms with E-state index in [-0.39, 0.29) is 5.56 Å². The van der Waals surface area contributed by atoms with E-state index in [4.69, 9.17) is 5.10 Å². The van der Waals surface area contributed by atoms with Crippen LogP contribution >= 0.6 is 0 Å². The Labute approximate surface area is 222 Å². The van der Waals surface area contributed by atoms with E-state index in [1.54, 1.807) is 25.7 Å². The van der Waals surface area contributed by atoms with E-state index in [1.807, 2.05) is 35.2 Å². The highest BCUT2D eigenvalue weighted by Gasteiger charge is 2.35. The number of rotatable bonds is 8. The van der Waals surface area contributed by atoms with Gasteiger partial charge in [0, 0.05) is 31.1 Å². The summed E-state index contributed by atoms with van der Waals surface area (Å²) in [6, 6.07) is 17.5. The largest absolute Gasteiger partial charge is 0.416 e. The van der Waals surface area contributed by atoms with Crippen LogP contribution in [0.15, 0.2) is 78.9 Å². The number of hydrogen-bond acceptors (Lipinski definition) is 4. The van der Waals surface area contributed by atoms with Crippen LogP contribution in [0.25, 0.3) is 5.69 Å². The lowest BCUT2D eigenvalue weighted by molar-refractivity contribution is -0.137. The number of anilines is 1. The van der Waals surface area contributed by atoms with Crippen LogP contribution in [0.3, 0.4) is 0 Å².